The molecule has 126 valence electrons. The lowest BCUT2D eigenvalue weighted by molar-refractivity contribution is 0.0599. The van der Waals surface area contributed by atoms with E-state index in [0.29, 0.717) is 30.3 Å². The number of hydrogen-bond donors (Lipinski definition) is 1. The van der Waals surface area contributed by atoms with E-state index in [4.69, 9.17) is 10.5 Å². The van der Waals surface area contributed by atoms with Crippen molar-refractivity contribution >= 4 is 17.3 Å². The van der Waals surface area contributed by atoms with Gasteiger partial charge in [-0.05, 0) is 36.8 Å². The second-order valence-electron chi connectivity index (χ2n) is 6.20. The Hall–Kier alpha value is -2.63. The molecule has 2 aromatic carbocycles. The fourth-order valence-corrected chi connectivity index (χ4v) is 3.39. The van der Waals surface area contributed by atoms with Gasteiger partial charge in [-0.3, -0.25) is 9.59 Å². The van der Waals surface area contributed by atoms with Gasteiger partial charge in [0.15, 0.2) is 0 Å². The van der Waals surface area contributed by atoms with Gasteiger partial charge in [0.2, 0.25) is 0 Å². The summed E-state index contributed by atoms with van der Waals surface area (Å²) in [6, 6.07) is 7.47. The van der Waals surface area contributed by atoms with Gasteiger partial charge >= 0.3 is 5.97 Å². The van der Waals surface area contributed by atoms with Crippen molar-refractivity contribution in [2.24, 2.45) is 5.92 Å². The first-order valence-electron chi connectivity index (χ1n) is 8.03. The lowest BCUT2D eigenvalue weighted by Crippen LogP contribution is -2.45. The van der Waals surface area contributed by atoms with Crippen molar-refractivity contribution < 1.29 is 9.53 Å². The van der Waals surface area contributed by atoms with Gasteiger partial charge in [0, 0.05) is 13.1 Å². The Morgan fingerprint density at radius 1 is 1.21 bits per heavy atom. The SMILES string of the molecule is COC(=O)c1ccccc1CC1CCN(c2c(N)c(=O)c2=O)CC1. The van der Waals surface area contributed by atoms with Crippen LogP contribution in [-0.4, -0.2) is 26.2 Å². The lowest BCUT2D eigenvalue weighted by Gasteiger charge is -2.34. The highest BCUT2D eigenvalue weighted by atomic mass is 16.5. The Morgan fingerprint density at radius 3 is 2.50 bits per heavy atom. The normalized spacial score (nSPS) is 15.6. The number of carbonyl (C=O) groups excluding carboxylic acids is 1. The van der Waals surface area contributed by atoms with E-state index in [1.54, 1.807) is 6.07 Å². The number of esters is 1. The molecule has 1 heterocycles. The number of carbonyl (C=O) groups is 1. The predicted octanol–water partition coefficient (Wildman–Crippen LogP) is 1.11. The molecule has 1 aliphatic heterocycles. The topological polar surface area (TPSA) is 89.7 Å². The molecule has 6 heteroatoms. The zero-order valence-electron chi connectivity index (χ0n) is 13.6. The van der Waals surface area contributed by atoms with Crippen LogP contribution in [0.1, 0.15) is 28.8 Å². The molecule has 24 heavy (non-hydrogen) atoms. The van der Waals surface area contributed by atoms with Crippen molar-refractivity contribution in [2.45, 2.75) is 19.3 Å². The second-order valence-corrected chi connectivity index (χ2v) is 6.20. The number of anilines is 2. The Kier molecular flexibility index (Phi) is 4.38. The van der Waals surface area contributed by atoms with Gasteiger partial charge in [0.25, 0.3) is 10.9 Å². The predicted molar refractivity (Wildman–Crippen MR) is 92.2 cm³/mol. The van der Waals surface area contributed by atoms with Gasteiger partial charge in [0.1, 0.15) is 11.4 Å². The fourth-order valence-electron chi connectivity index (χ4n) is 3.39. The number of nitrogens with two attached hydrogens (primary N) is 1. The Labute approximate surface area is 139 Å². The van der Waals surface area contributed by atoms with E-state index in [-0.39, 0.29) is 11.7 Å². The minimum Gasteiger partial charge on any atom is -0.465 e. The average molecular weight is 328 g/mol. The van der Waals surface area contributed by atoms with Crippen molar-refractivity contribution in [1.82, 2.24) is 0 Å². The van der Waals surface area contributed by atoms with Crippen LogP contribution in [0.25, 0.3) is 0 Å². The molecule has 0 atom stereocenters. The molecule has 2 N–H and O–H groups in total. The van der Waals surface area contributed by atoms with Gasteiger partial charge in [-0.1, -0.05) is 18.2 Å². The molecule has 0 amide bonds. The van der Waals surface area contributed by atoms with E-state index in [2.05, 4.69) is 0 Å². The summed E-state index contributed by atoms with van der Waals surface area (Å²) < 4.78 is 4.83. The summed E-state index contributed by atoms with van der Waals surface area (Å²) in [5.41, 5.74) is 6.65. The first-order valence-corrected chi connectivity index (χ1v) is 8.03. The largest absolute Gasteiger partial charge is 0.465 e. The Balaban J connectivity index is 1.66. The highest BCUT2D eigenvalue weighted by molar-refractivity contribution is 5.91. The standard InChI is InChI=1S/C18H20N2O4/c1-24-18(23)13-5-3-2-4-12(13)10-11-6-8-20(9-7-11)15-14(19)16(21)17(15)22/h2-5,11H,6-10,19H2,1H3. The zero-order valence-corrected chi connectivity index (χ0v) is 13.6. The molecule has 0 bridgehead atoms. The molecule has 1 saturated heterocycles. The third-order valence-corrected chi connectivity index (χ3v) is 4.78. The molecule has 2 aromatic rings. The number of rotatable bonds is 4. The van der Waals surface area contributed by atoms with Crippen LogP contribution < -0.4 is 21.5 Å². The van der Waals surface area contributed by atoms with Crippen LogP contribution in [0.3, 0.4) is 0 Å². The van der Waals surface area contributed by atoms with Gasteiger partial charge in [-0.25, -0.2) is 4.79 Å². The van der Waals surface area contributed by atoms with E-state index in [1.165, 1.54) is 7.11 Å². The van der Waals surface area contributed by atoms with Crippen molar-refractivity contribution in [3.8, 4) is 0 Å². The maximum absolute atomic E-state index is 11.8. The number of nitrogen functional groups attached to an aromatic ring is 1. The molecule has 0 saturated carbocycles. The van der Waals surface area contributed by atoms with Crippen LogP contribution in [0, 0.1) is 5.92 Å². The first-order chi connectivity index (χ1) is 11.5. The highest BCUT2D eigenvalue weighted by Crippen LogP contribution is 2.27. The number of methoxy groups -OCH3 is 1. The number of benzene rings is 1. The lowest BCUT2D eigenvalue weighted by atomic mass is 9.88. The van der Waals surface area contributed by atoms with E-state index in [9.17, 15) is 14.4 Å². The summed E-state index contributed by atoms with van der Waals surface area (Å²) in [4.78, 5) is 36.6. The summed E-state index contributed by atoms with van der Waals surface area (Å²) in [7, 11) is 1.38. The molecule has 0 radical (unpaired) electrons. The van der Waals surface area contributed by atoms with Gasteiger partial charge in [-0.2, -0.15) is 0 Å². The van der Waals surface area contributed by atoms with Gasteiger partial charge in [0.05, 0.1) is 12.7 Å². The summed E-state index contributed by atoms with van der Waals surface area (Å²) in [6.07, 6.45) is 2.56. The van der Waals surface area contributed by atoms with Crippen LogP contribution in [0.15, 0.2) is 33.9 Å². The minimum absolute atomic E-state index is 0.0921. The molecule has 0 spiro atoms. The molecule has 1 fully saturated rings. The monoisotopic (exact) mass is 328 g/mol. The number of hydrogen-bond acceptors (Lipinski definition) is 6. The molecular weight excluding hydrogens is 308 g/mol. The van der Waals surface area contributed by atoms with Crippen LogP contribution in [0.2, 0.25) is 0 Å². The maximum atomic E-state index is 11.8. The number of ether oxygens (including phenoxy) is 1. The third kappa shape index (κ3) is 2.79. The summed E-state index contributed by atoms with van der Waals surface area (Å²) in [6.45, 7) is 1.39. The molecule has 0 unspecified atom stereocenters. The van der Waals surface area contributed by atoms with Crippen LogP contribution in [-0.2, 0) is 11.2 Å². The van der Waals surface area contributed by atoms with Gasteiger partial charge < -0.3 is 15.4 Å². The Morgan fingerprint density at radius 2 is 1.88 bits per heavy atom. The van der Waals surface area contributed by atoms with Crippen molar-refractivity contribution in [3.05, 3.63) is 55.8 Å². The zero-order chi connectivity index (χ0) is 17.3. The molecule has 0 aromatic heterocycles. The van der Waals surface area contributed by atoms with Crippen LogP contribution in [0.4, 0.5) is 11.4 Å². The van der Waals surface area contributed by atoms with E-state index < -0.39 is 10.9 Å². The van der Waals surface area contributed by atoms with E-state index >= 15 is 0 Å². The average Bonchev–Trinajstić information content (AvgIpc) is 2.63. The minimum atomic E-state index is -0.570. The smallest absolute Gasteiger partial charge is 0.338 e. The molecule has 3 rings (SSSR count). The van der Waals surface area contributed by atoms with E-state index in [1.807, 2.05) is 23.1 Å². The Bertz CT molecular complexity index is 828. The maximum Gasteiger partial charge on any atom is 0.338 e. The summed E-state index contributed by atoms with van der Waals surface area (Å²) in [5, 5.41) is 0. The quantitative estimate of drug-likeness (QED) is 0.668. The third-order valence-electron chi connectivity index (χ3n) is 4.78. The number of nitrogens with zero attached hydrogens (tertiary/aromatic N) is 1. The summed E-state index contributed by atoms with van der Waals surface area (Å²) in [5.74, 6) is 0.0966. The fraction of sp³-hybridized carbons (Fsp3) is 0.389. The van der Waals surface area contributed by atoms with Crippen molar-refractivity contribution in [2.75, 3.05) is 30.8 Å². The molecular formula is C18H20N2O4. The molecule has 6 nitrogen and oxygen atoms in total. The van der Waals surface area contributed by atoms with Crippen LogP contribution in [0.5, 0.6) is 0 Å². The van der Waals surface area contributed by atoms with E-state index in [0.717, 1.165) is 24.8 Å². The summed E-state index contributed by atoms with van der Waals surface area (Å²) >= 11 is 0. The van der Waals surface area contributed by atoms with Crippen LogP contribution >= 0.6 is 0 Å². The molecule has 0 aliphatic carbocycles. The number of piperidine rings is 1. The molecule has 1 aliphatic rings. The first kappa shape index (κ1) is 16.2. The second kappa shape index (κ2) is 6.47. The van der Waals surface area contributed by atoms with Gasteiger partial charge in [-0.15, -0.1) is 0 Å². The highest BCUT2D eigenvalue weighted by Gasteiger charge is 2.28. The van der Waals surface area contributed by atoms with Crippen molar-refractivity contribution in [1.29, 1.82) is 0 Å². The van der Waals surface area contributed by atoms with Crippen molar-refractivity contribution in [3.63, 3.8) is 0 Å².